The van der Waals surface area contributed by atoms with Gasteiger partial charge < -0.3 is 14.4 Å². The molecule has 4 nitrogen and oxygen atoms in total. The number of aryl methyl sites for hydroxylation is 1. The maximum atomic E-state index is 12.5. The Balaban J connectivity index is 2.05. The van der Waals surface area contributed by atoms with Crippen molar-refractivity contribution in [2.24, 2.45) is 0 Å². The van der Waals surface area contributed by atoms with E-state index in [-0.39, 0.29) is 11.7 Å². The lowest BCUT2D eigenvalue weighted by Gasteiger charge is -2.20. The summed E-state index contributed by atoms with van der Waals surface area (Å²) >= 11 is 13.6. The molecule has 0 bridgehead atoms. The second-order valence-corrected chi connectivity index (χ2v) is 7.52. The Morgan fingerprint density at radius 2 is 1.69 bits per heavy atom. The average molecular weight is 414 g/mol. The number of benzene rings is 2. The summed E-state index contributed by atoms with van der Waals surface area (Å²) < 4.78 is 10.6. The molecule has 0 saturated heterocycles. The molecule has 0 atom stereocenters. The molecule has 2 rings (SSSR count). The van der Waals surface area contributed by atoms with E-state index in [2.05, 4.69) is 0 Å². The van der Waals surface area contributed by atoms with Crippen LogP contribution in [0.4, 0.5) is 0 Å². The van der Waals surface area contributed by atoms with Gasteiger partial charge in [0.25, 0.3) is 0 Å². The molecule has 0 spiro atoms. The predicted octanol–water partition coefficient (Wildman–Crippen LogP) is 5.07. The number of hydrogen-bond acceptors (Lipinski definition) is 4. The largest absolute Gasteiger partial charge is 0.493 e. The van der Waals surface area contributed by atoms with Crippen molar-refractivity contribution in [3.05, 3.63) is 51.5 Å². The van der Waals surface area contributed by atoms with Crippen molar-refractivity contribution < 1.29 is 14.3 Å². The molecule has 0 saturated carbocycles. The lowest BCUT2D eigenvalue weighted by atomic mass is 10.1. The van der Waals surface area contributed by atoms with Gasteiger partial charge in [0.05, 0.1) is 30.0 Å². The van der Waals surface area contributed by atoms with Gasteiger partial charge in [-0.1, -0.05) is 29.3 Å². The standard InChI is InChI=1S/C19H21Cl2NO3S/c1-12-8-16(24-3)17(25-4)9-13(12)10-22(2)18(23)11-26-19-14(20)6-5-7-15(19)21/h5-9H,10-11H2,1-4H3. The summed E-state index contributed by atoms with van der Waals surface area (Å²) in [4.78, 5) is 14.9. The zero-order chi connectivity index (χ0) is 19.3. The first kappa shape index (κ1) is 20.7. The fourth-order valence-corrected chi connectivity index (χ4v) is 4.03. The second kappa shape index (κ2) is 9.40. The molecule has 0 fully saturated rings. The monoisotopic (exact) mass is 413 g/mol. The SMILES string of the molecule is COc1cc(C)c(CN(C)C(=O)CSc2c(Cl)cccc2Cl)cc1OC. The van der Waals surface area contributed by atoms with Crippen molar-refractivity contribution in [2.45, 2.75) is 18.4 Å². The summed E-state index contributed by atoms with van der Waals surface area (Å²) in [7, 11) is 4.97. The van der Waals surface area contributed by atoms with E-state index in [4.69, 9.17) is 32.7 Å². The highest BCUT2D eigenvalue weighted by molar-refractivity contribution is 8.00. The van der Waals surface area contributed by atoms with Crippen molar-refractivity contribution in [2.75, 3.05) is 27.0 Å². The molecule has 140 valence electrons. The first-order valence-electron chi connectivity index (χ1n) is 7.89. The fraction of sp³-hybridized carbons (Fsp3) is 0.316. The topological polar surface area (TPSA) is 38.8 Å². The van der Waals surface area contributed by atoms with Crippen LogP contribution in [0.15, 0.2) is 35.2 Å². The van der Waals surface area contributed by atoms with E-state index in [1.165, 1.54) is 11.8 Å². The van der Waals surface area contributed by atoms with E-state index in [9.17, 15) is 4.79 Å². The number of amides is 1. The van der Waals surface area contributed by atoms with E-state index in [1.54, 1.807) is 44.4 Å². The van der Waals surface area contributed by atoms with Gasteiger partial charge in [-0.25, -0.2) is 0 Å². The van der Waals surface area contributed by atoms with E-state index in [1.807, 2.05) is 19.1 Å². The van der Waals surface area contributed by atoms with Crippen molar-refractivity contribution in [1.82, 2.24) is 4.90 Å². The number of rotatable bonds is 7. The van der Waals surface area contributed by atoms with Crippen LogP contribution in [-0.2, 0) is 11.3 Å². The third-order valence-electron chi connectivity index (χ3n) is 3.93. The Bertz CT molecular complexity index is 778. The van der Waals surface area contributed by atoms with Crippen LogP contribution in [0.3, 0.4) is 0 Å². The van der Waals surface area contributed by atoms with Crippen molar-refractivity contribution in [3.63, 3.8) is 0 Å². The smallest absolute Gasteiger partial charge is 0.232 e. The summed E-state index contributed by atoms with van der Waals surface area (Å²) in [5.41, 5.74) is 2.03. The van der Waals surface area contributed by atoms with Crippen LogP contribution in [0.5, 0.6) is 11.5 Å². The van der Waals surface area contributed by atoms with E-state index >= 15 is 0 Å². The lowest BCUT2D eigenvalue weighted by molar-refractivity contribution is -0.127. The minimum absolute atomic E-state index is 0.0137. The molecule has 26 heavy (non-hydrogen) atoms. The Morgan fingerprint density at radius 1 is 1.12 bits per heavy atom. The van der Waals surface area contributed by atoms with Crippen LogP contribution in [0.2, 0.25) is 10.0 Å². The second-order valence-electron chi connectivity index (χ2n) is 5.72. The molecule has 0 heterocycles. The molecule has 0 aliphatic heterocycles. The number of carbonyl (C=O) groups is 1. The molecule has 2 aromatic rings. The van der Waals surface area contributed by atoms with Crippen molar-refractivity contribution >= 4 is 40.9 Å². The average Bonchev–Trinajstić information content (AvgIpc) is 2.62. The molecular weight excluding hydrogens is 393 g/mol. The van der Waals surface area contributed by atoms with Gasteiger partial charge >= 0.3 is 0 Å². The number of hydrogen-bond donors (Lipinski definition) is 0. The van der Waals surface area contributed by atoms with Gasteiger partial charge in [-0.2, -0.15) is 0 Å². The van der Waals surface area contributed by atoms with E-state index < -0.39 is 0 Å². The maximum absolute atomic E-state index is 12.5. The van der Waals surface area contributed by atoms with Crippen LogP contribution in [-0.4, -0.2) is 37.8 Å². The quantitative estimate of drug-likeness (QED) is 0.593. The van der Waals surface area contributed by atoms with Crippen LogP contribution in [0.25, 0.3) is 0 Å². The van der Waals surface area contributed by atoms with E-state index in [0.29, 0.717) is 28.1 Å². The highest BCUT2D eigenvalue weighted by atomic mass is 35.5. The van der Waals surface area contributed by atoms with Crippen LogP contribution in [0.1, 0.15) is 11.1 Å². The summed E-state index contributed by atoms with van der Waals surface area (Å²) in [6, 6.07) is 9.11. The predicted molar refractivity (Wildman–Crippen MR) is 108 cm³/mol. The molecule has 7 heteroatoms. The van der Waals surface area contributed by atoms with Crippen LogP contribution in [0, 0.1) is 6.92 Å². The molecule has 2 aromatic carbocycles. The van der Waals surface area contributed by atoms with Crippen molar-refractivity contribution in [1.29, 1.82) is 0 Å². The maximum Gasteiger partial charge on any atom is 0.232 e. The summed E-state index contributed by atoms with van der Waals surface area (Å²) in [5.74, 6) is 1.56. The first-order chi connectivity index (χ1) is 12.4. The number of nitrogens with zero attached hydrogens (tertiary/aromatic N) is 1. The van der Waals surface area contributed by atoms with Gasteiger partial charge in [0, 0.05) is 18.5 Å². The lowest BCUT2D eigenvalue weighted by Crippen LogP contribution is -2.28. The van der Waals surface area contributed by atoms with Crippen LogP contribution < -0.4 is 9.47 Å². The Hall–Kier alpha value is -1.56. The molecule has 1 amide bonds. The zero-order valence-electron chi connectivity index (χ0n) is 15.1. The number of halogens is 2. The first-order valence-corrected chi connectivity index (χ1v) is 9.63. The van der Waals surface area contributed by atoms with Gasteiger partial charge in [-0.05, 0) is 42.3 Å². The van der Waals surface area contributed by atoms with E-state index in [0.717, 1.165) is 16.0 Å². The number of thioether (sulfide) groups is 1. The minimum atomic E-state index is -0.0137. The molecule has 0 aliphatic carbocycles. The summed E-state index contributed by atoms with van der Waals surface area (Å²) in [5, 5.41) is 1.10. The highest BCUT2D eigenvalue weighted by Crippen LogP contribution is 2.34. The van der Waals surface area contributed by atoms with Crippen LogP contribution >= 0.6 is 35.0 Å². The van der Waals surface area contributed by atoms with Gasteiger partial charge in [0.15, 0.2) is 11.5 Å². The summed E-state index contributed by atoms with van der Waals surface area (Å²) in [6.07, 6.45) is 0. The molecule has 0 radical (unpaired) electrons. The van der Waals surface area contributed by atoms with Gasteiger partial charge in [0.1, 0.15) is 0 Å². The van der Waals surface area contributed by atoms with Gasteiger partial charge in [-0.15, -0.1) is 11.8 Å². The summed E-state index contributed by atoms with van der Waals surface area (Å²) in [6.45, 7) is 2.45. The molecule has 0 N–H and O–H groups in total. The third-order valence-corrected chi connectivity index (χ3v) is 5.91. The Morgan fingerprint density at radius 3 is 2.27 bits per heavy atom. The number of ether oxygens (including phenoxy) is 2. The molecule has 0 aromatic heterocycles. The number of carbonyl (C=O) groups excluding carboxylic acids is 1. The molecule has 0 aliphatic rings. The highest BCUT2D eigenvalue weighted by Gasteiger charge is 2.15. The van der Waals surface area contributed by atoms with Crippen molar-refractivity contribution in [3.8, 4) is 11.5 Å². The normalized spacial score (nSPS) is 10.5. The Labute approximate surface area is 168 Å². The number of methoxy groups -OCH3 is 2. The molecule has 0 unspecified atom stereocenters. The van der Waals surface area contributed by atoms with Gasteiger partial charge in [0.2, 0.25) is 5.91 Å². The minimum Gasteiger partial charge on any atom is -0.493 e. The molecular formula is C19H21Cl2NO3S. The zero-order valence-corrected chi connectivity index (χ0v) is 17.5. The third kappa shape index (κ3) is 5.00. The van der Waals surface area contributed by atoms with Gasteiger partial charge in [-0.3, -0.25) is 4.79 Å². The Kier molecular flexibility index (Phi) is 7.50. The fourth-order valence-electron chi connectivity index (χ4n) is 2.40.